The van der Waals surface area contributed by atoms with Gasteiger partial charge in [-0.05, 0) is 37.0 Å². The minimum absolute atomic E-state index is 0.0812. The lowest BCUT2D eigenvalue weighted by Crippen LogP contribution is -2.40. The predicted molar refractivity (Wildman–Crippen MR) is 111 cm³/mol. The van der Waals surface area contributed by atoms with Crippen molar-refractivity contribution in [1.82, 2.24) is 15.6 Å². The number of carbonyl (C=O) groups excluding carboxylic acids is 1. The van der Waals surface area contributed by atoms with E-state index < -0.39 is 0 Å². The van der Waals surface area contributed by atoms with E-state index in [-0.39, 0.29) is 5.91 Å². The van der Waals surface area contributed by atoms with Crippen molar-refractivity contribution >= 4 is 17.7 Å². The Morgan fingerprint density at radius 3 is 2.41 bits per heavy atom. The lowest BCUT2D eigenvalue weighted by Gasteiger charge is -2.16. The summed E-state index contributed by atoms with van der Waals surface area (Å²) in [6.45, 7) is 7.48. The number of aromatic nitrogens is 1. The summed E-state index contributed by atoms with van der Waals surface area (Å²) in [5.41, 5.74) is 3.61. The van der Waals surface area contributed by atoms with E-state index in [1.54, 1.807) is 19.3 Å². The number of pyridine rings is 1. The SMILES string of the molecule is CN=C(NCCC(=O)Nc1ccc(C)cn1)NCC(C)c1ccc(C)cc1. The summed E-state index contributed by atoms with van der Waals surface area (Å²) < 4.78 is 0. The molecule has 2 rings (SSSR count). The Morgan fingerprint density at radius 1 is 1.07 bits per heavy atom. The molecule has 1 atom stereocenters. The van der Waals surface area contributed by atoms with Crippen molar-refractivity contribution in [2.24, 2.45) is 4.99 Å². The molecule has 0 spiro atoms. The van der Waals surface area contributed by atoms with Crippen molar-refractivity contribution < 1.29 is 4.79 Å². The van der Waals surface area contributed by atoms with E-state index in [0.717, 1.165) is 12.1 Å². The van der Waals surface area contributed by atoms with E-state index in [4.69, 9.17) is 0 Å². The number of carbonyl (C=O) groups is 1. The van der Waals surface area contributed by atoms with Gasteiger partial charge in [-0.3, -0.25) is 9.79 Å². The van der Waals surface area contributed by atoms with Crippen LogP contribution in [0.15, 0.2) is 47.6 Å². The Hall–Kier alpha value is -2.89. The smallest absolute Gasteiger partial charge is 0.227 e. The minimum Gasteiger partial charge on any atom is -0.356 e. The lowest BCUT2D eigenvalue weighted by molar-refractivity contribution is -0.116. The van der Waals surface area contributed by atoms with Crippen molar-refractivity contribution in [3.8, 4) is 0 Å². The maximum atomic E-state index is 12.0. The van der Waals surface area contributed by atoms with Gasteiger partial charge >= 0.3 is 0 Å². The lowest BCUT2D eigenvalue weighted by atomic mass is 10.0. The molecular weight excluding hydrogens is 338 g/mol. The molecule has 0 aliphatic carbocycles. The first-order valence-electron chi connectivity index (χ1n) is 9.21. The van der Waals surface area contributed by atoms with Gasteiger partial charge in [-0.2, -0.15) is 0 Å². The molecule has 1 aromatic carbocycles. The fraction of sp³-hybridized carbons (Fsp3) is 0.381. The summed E-state index contributed by atoms with van der Waals surface area (Å²) in [4.78, 5) is 20.4. The maximum Gasteiger partial charge on any atom is 0.227 e. The van der Waals surface area contributed by atoms with Gasteiger partial charge in [0.1, 0.15) is 5.82 Å². The van der Waals surface area contributed by atoms with Crippen LogP contribution in [-0.2, 0) is 4.79 Å². The first-order chi connectivity index (χ1) is 13.0. The van der Waals surface area contributed by atoms with Gasteiger partial charge in [-0.25, -0.2) is 4.98 Å². The summed E-state index contributed by atoms with van der Waals surface area (Å²) in [5, 5.41) is 9.26. The number of rotatable bonds is 7. The third-order valence-electron chi connectivity index (χ3n) is 4.27. The van der Waals surface area contributed by atoms with Crippen LogP contribution in [-0.4, -0.2) is 37.0 Å². The van der Waals surface area contributed by atoms with E-state index in [1.165, 1.54) is 11.1 Å². The topological polar surface area (TPSA) is 78.4 Å². The average Bonchev–Trinajstić information content (AvgIpc) is 2.66. The van der Waals surface area contributed by atoms with E-state index in [9.17, 15) is 4.79 Å². The number of amides is 1. The number of nitrogens with zero attached hydrogens (tertiary/aromatic N) is 2. The molecule has 0 bridgehead atoms. The molecule has 1 amide bonds. The van der Waals surface area contributed by atoms with Gasteiger partial charge in [0.2, 0.25) is 5.91 Å². The van der Waals surface area contributed by atoms with Crippen LogP contribution in [0, 0.1) is 13.8 Å². The molecule has 2 aromatic rings. The zero-order chi connectivity index (χ0) is 19.6. The number of aliphatic imine (C=N–C) groups is 1. The zero-order valence-corrected chi connectivity index (χ0v) is 16.5. The van der Waals surface area contributed by atoms with Gasteiger partial charge < -0.3 is 16.0 Å². The van der Waals surface area contributed by atoms with Gasteiger partial charge in [0.15, 0.2) is 5.96 Å². The third-order valence-corrected chi connectivity index (χ3v) is 4.27. The highest BCUT2D eigenvalue weighted by molar-refractivity contribution is 5.90. The van der Waals surface area contributed by atoms with Crippen molar-refractivity contribution in [1.29, 1.82) is 0 Å². The molecule has 0 fully saturated rings. The molecule has 0 radical (unpaired) electrons. The highest BCUT2D eigenvalue weighted by atomic mass is 16.1. The Morgan fingerprint density at radius 2 is 1.78 bits per heavy atom. The normalized spacial score (nSPS) is 12.4. The quantitative estimate of drug-likeness (QED) is 0.519. The van der Waals surface area contributed by atoms with Crippen LogP contribution in [0.5, 0.6) is 0 Å². The molecule has 6 nitrogen and oxygen atoms in total. The number of hydrogen-bond acceptors (Lipinski definition) is 3. The fourth-order valence-electron chi connectivity index (χ4n) is 2.52. The van der Waals surface area contributed by atoms with Crippen molar-refractivity contribution in [2.75, 3.05) is 25.5 Å². The summed E-state index contributed by atoms with van der Waals surface area (Å²) in [5.74, 6) is 1.54. The van der Waals surface area contributed by atoms with Crippen LogP contribution >= 0.6 is 0 Å². The summed E-state index contributed by atoms with van der Waals surface area (Å²) in [6.07, 6.45) is 2.07. The fourth-order valence-corrected chi connectivity index (χ4v) is 2.52. The van der Waals surface area contributed by atoms with E-state index in [0.29, 0.717) is 30.7 Å². The largest absolute Gasteiger partial charge is 0.356 e. The second kappa shape index (κ2) is 10.3. The van der Waals surface area contributed by atoms with Gasteiger partial charge in [-0.15, -0.1) is 0 Å². The van der Waals surface area contributed by atoms with E-state index in [1.807, 2.05) is 13.0 Å². The monoisotopic (exact) mass is 367 g/mol. The molecular formula is C21H29N5O. The Labute approximate surface area is 161 Å². The molecule has 6 heteroatoms. The van der Waals surface area contributed by atoms with Crippen molar-refractivity contribution in [2.45, 2.75) is 33.1 Å². The first kappa shape index (κ1) is 20.4. The third kappa shape index (κ3) is 7.09. The minimum atomic E-state index is -0.0812. The molecule has 0 aliphatic heterocycles. The number of nitrogens with one attached hydrogen (secondary N) is 3. The number of anilines is 1. The van der Waals surface area contributed by atoms with Gasteiger partial charge in [0.25, 0.3) is 0 Å². The second-order valence-corrected chi connectivity index (χ2v) is 6.71. The van der Waals surface area contributed by atoms with E-state index in [2.05, 4.69) is 64.0 Å². The zero-order valence-electron chi connectivity index (χ0n) is 16.5. The van der Waals surface area contributed by atoms with Gasteiger partial charge in [0.05, 0.1) is 0 Å². The van der Waals surface area contributed by atoms with Gasteiger partial charge in [0, 0.05) is 32.8 Å². The standard InChI is InChI=1S/C21H29N5O/c1-15-5-8-18(9-6-15)17(3)14-25-21(22-4)23-12-11-20(27)26-19-10-7-16(2)13-24-19/h5-10,13,17H,11-12,14H2,1-4H3,(H2,22,23,25)(H,24,26,27). The predicted octanol–water partition coefficient (Wildman–Crippen LogP) is 3.00. The van der Waals surface area contributed by atoms with Crippen LogP contribution in [0.4, 0.5) is 5.82 Å². The number of hydrogen-bond donors (Lipinski definition) is 3. The molecule has 0 saturated heterocycles. The Kier molecular flexibility index (Phi) is 7.79. The molecule has 0 saturated carbocycles. The number of guanidine groups is 1. The summed E-state index contributed by atoms with van der Waals surface area (Å²) in [6, 6.07) is 12.3. The second-order valence-electron chi connectivity index (χ2n) is 6.71. The molecule has 0 aliphatic rings. The maximum absolute atomic E-state index is 12.0. The van der Waals surface area contributed by atoms with Crippen LogP contribution in [0.2, 0.25) is 0 Å². The van der Waals surface area contributed by atoms with Crippen molar-refractivity contribution in [3.63, 3.8) is 0 Å². The highest BCUT2D eigenvalue weighted by Crippen LogP contribution is 2.14. The number of benzene rings is 1. The highest BCUT2D eigenvalue weighted by Gasteiger charge is 2.08. The van der Waals surface area contributed by atoms with Crippen LogP contribution in [0.3, 0.4) is 0 Å². The summed E-state index contributed by atoms with van der Waals surface area (Å²) in [7, 11) is 1.72. The van der Waals surface area contributed by atoms with E-state index >= 15 is 0 Å². The van der Waals surface area contributed by atoms with Gasteiger partial charge in [-0.1, -0.05) is 42.8 Å². The molecule has 1 heterocycles. The summed E-state index contributed by atoms with van der Waals surface area (Å²) >= 11 is 0. The average molecular weight is 367 g/mol. The Bertz CT molecular complexity index is 753. The Balaban J connectivity index is 1.71. The first-order valence-corrected chi connectivity index (χ1v) is 9.21. The molecule has 27 heavy (non-hydrogen) atoms. The molecule has 3 N–H and O–H groups in total. The van der Waals surface area contributed by atoms with Crippen LogP contribution < -0.4 is 16.0 Å². The van der Waals surface area contributed by atoms with Crippen molar-refractivity contribution in [3.05, 3.63) is 59.3 Å². The van der Waals surface area contributed by atoms with Crippen LogP contribution in [0.1, 0.15) is 36.0 Å². The number of aryl methyl sites for hydroxylation is 2. The van der Waals surface area contributed by atoms with Crippen LogP contribution in [0.25, 0.3) is 0 Å². The molecule has 1 unspecified atom stereocenters. The molecule has 144 valence electrons. The molecule has 1 aromatic heterocycles.